The van der Waals surface area contributed by atoms with Gasteiger partial charge in [0.05, 0.1) is 5.69 Å². The Hall–Kier alpha value is -3.13. The van der Waals surface area contributed by atoms with Gasteiger partial charge in [-0.25, -0.2) is 9.97 Å². The van der Waals surface area contributed by atoms with Crippen LogP contribution in [0.25, 0.3) is 10.9 Å². The van der Waals surface area contributed by atoms with Gasteiger partial charge in [-0.3, -0.25) is 0 Å². The van der Waals surface area contributed by atoms with Gasteiger partial charge in [-0.05, 0) is 25.1 Å². The topological polar surface area (TPSA) is 84.8 Å². The van der Waals surface area contributed by atoms with Crippen LogP contribution in [0.1, 0.15) is 11.4 Å². The first-order valence-corrected chi connectivity index (χ1v) is 6.38. The van der Waals surface area contributed by atoms with E-state index in [-0.39, 0.29) is 5.69 Å². The maximum absolute atomic E-state index is 8.96. The molecule has 0 aliphatic heterocycles. The first-order chi connectivity index (χ1) is 10.2. The second-order valence-corrected chi connectivity index (χ2v) is 4.58. The molecule has 2 N–H and O–H groups in total. The third-order valence-electron chi connectivity index (χ3n) is 3.04. The summed E-state index contributed by atoms with van der Waals surface area (Å²) in [7, 11) is 0. The van der Waals surface area contributed by atoms with Gasteiger partial charge in [0.2, 0.25) is 5.88 Å². The highest BCUT2D eigenvalue weighted by Gasteiger charge is 2.08. The van der Waals surface area contributed by atoms with Crippen molar-refractivity contribution in [1.29, 1.82) is 5.26 Å². The summed E-state index contributed by atoms with van der Waals surface area (Å²) in [5.74, 6) is 0.911. The lowest BCUT2D eigenvalue weighted by Gasteiger charge is -2.08. The Morgan fingerprint density at radius 3 is 2.76 bits per heavy atom. The number of nitrogens with two attached hydrogens (primary N) is 1. The van der Waals surface area contributed by atoms with Gasteiger partial charge in [0.25, 0.3) is 0 Å². The molecule has 0 aliphatic rings. The molecule has 0 unspecified atom stereocenters. The molecule has 0 radical (unpaired) electrons. The summed E-state index contributed by atoms with van der Waals surface area (Å²) in [6, 6.07) is 14.8. The van der Waals surface area contributed by atoms with Gasteiger partial charge < -0.3 is 10.5 Å². The van der Waals surface area contributed by atoms with Gasteiger partial charge in [0, 0.05) is 17.1 Å². The number of pyridine rings is 2. The molecule has 0 aliphatic carbocycles. The van der Waals surface area contributed by atoms with Crippen molar-refractivity contribution in [3.8, 4) is 17.7 Å². The molecule has 0 amide bonds. The molecule has 3 aromatic rings. The number of nitrogen functional groups attached to an aromatic ring is 1. The number of rotatable bonds is 2. The average Bonchev–Trinajstić information content (AvgIpc) is 2.50. The fraction of sp³-hybridized carbons (Fsp3) is 0.0625. The van der Waals surface area contributed by atoms with Crippen molar-refractivity contribution in [2.45, 2.75) is 6.92 Å². The zero-order valence-corrected chi connectivity index (χ0v) is 11.4. The Balaban J connectivity index is 2.06. The van der Waals surface area contributed by atoms with E-state index in [4.69, 9.17) is 15.7 Å². The van der Waals surface area contributed by atoms with Crippen molar-refractivity contribution in [2.75, 3.05) is 5.73 Å². The lowest BCUT2D eigenvalue weighted by Crippen LogP contribution is -1.97. The number of para-hydroxylation sites is 1. The van der Waals surface area contributed by atoms with Gasteiger partial charge in [-0.1, -0.05) is 18.2 Å². The van der Waals surface area contributed by atoms with Crippen LogP contribution >= 0.6 is 0 Å². The van der Waals surface area contributed by atoms with E-state index in [9.17, 15) is 0 Å². The summed E-state index contributed by atoms with van der Waals surface area (Å²) in [6.45, 7) is 1.92. The minimum absolute atomic E-state index is 0.150. The number of benzene rings is 1. The highest BCUT2D eigenvalue weighted by Crippen LogP contribution is 2.28. The van der Waals surface area contributed by atoms with Crippen molar-refractivity contribution in [2.24, 2.45) is 0 Å². The molecule has 2 heterocycles. The summed E-state index contributed by atoms with van der Waals surface area (Å²) in [5, 5.41) is 9.94. The molecular weight excluding hydrogens is 264 g/mol. The molecule has 0 saturated heterocycles. The highest BCUT2D eigenvalue weighted by molar-refractivity contribution is 5.84. The number of fused-ring (bicyclic) bond motifs is 1. The van der Waals surface area contributed by atoms with Crippen LogP contribution in [0.4, 0.5) is 5.69 Å². The number of anilines is 1. The molecule has 0 bridgehead atoms. The Bertz CT molecular complexity index is 868. The maximum Gasteiger partial charge on any atom is 0.220 e. The van der Waals surface area contributed by atoms with Crippen LogP contribution in [0, 0.1) is 18.3 Å². The Morgan fingerprint density at radius 1 is 1.10 bits per heavy atom. The summed E-state index contributed by atoms with van der Waals surface area (Å²) in [5.41, 5.74) is 7.79. The lowest BCUT2D eigenvalue weighted by molar-refractivity contribution is 0.467. The Morgan fingerprint density at radius 2 is 1.95 bits per heavy atom. The van der Waals surface area contributed by atoms with Crippen molar-refractivity contribution >= 4 is 16.6 Å². The largest absolute Gasteiger partial charge is 0.437 e. The maximum atomic E-state index is 8.96. The molecule has 0 atom stereocenters. The predicted octanol–water partition coefficient (Wildman–Crippen LogP) is 3.18. The molecule has 3 rings (SSSR count). The molecule has 1 aromatic carbocycles. The molecule has 5 nitrogen and oxygen atoms in total. The fourth-order valence-electron chi connectivity index (χ4n) is 2.01. The van der Waals surface area contributed by atoms with Crippen molar-refractivity contribution in [3.05, 3.63) is 53.9 Å². The van der Waals surface area contributed by atoms with Gasteiger partial charge in [0.1, 0.15) is 11.6 Å². The molecule has 0 saturated carbocycles. The van der Waals surface area contributed by atoms with Crippen molar-refractivity contribution in [1.82, 2.24) is 9.97 Å². The second kappa shape index (κ2) is 5.10. The molecule has 2 aromatic heterocycles. The third-order valence-corrected chi connectivity index (χ3v) is 3.04. The van der Waals surface area contributed by atoms with E-state index in [1.54, 1.807) is 12.1 Å². The van der Waals surface area contributed by atoms with Gasteiger partial charge >= 0.3 is 0 Å². The van der Waals surface area contributed by atoms with Crippen molar-refractivity contribution < 1.29 is 4.74 Å². The first kappa shape index (κ1) is 12.9. The summed E-state index contributed by atoms with van der Waals surface area (Å²) in [4.78, 5) is 8.57. The van der Waals surface area contributed by atoms with Crippen LogP contribution in [-0.2, 0) is 0 Å². The quantitative estimate of drug-likeness (QED) is 0.777. The highest BCUT2D eigenvalue weighted by atomic mass is 16.5. The number of hydrogen-bond donors (Lipinski definition) is 1. The molecule has 5 heteroatoms. The zero-order valence-electron chi connectivity index (χ0n) is 11.4. The van der Waals surface area contributed by atoms with E-state index < -0.39 is 0 Å². The van der Waals surface area contributed by atoms with Crippen LogP contribution in [0.15, 0.2) is 42.5 Å². The van der Waals surface area contributed by atoms with Crippen LogP contribution in [0.2, 0.25) is 0 Å². The molecule has 0 fully saturated rings. The second-order valence-electron chi connectivity index (χ2n) is 4.58. The monoisotopic (exact) mass is 276 g/mol. The Kier molecular flexibility index (Phi) is 3.13. The number of hydrogen-bond acceptors (Lipinski definition) is 5. The molecule has 102 valence electrons. The lowest BCUT2D eigenvalue weighted by atomic mass is 10.2. The van der Waals surface area contributed by atoms with Crippen LogP contribution < -0.4 is 10.5 Å². The van der Waals surface area contributed by atoms with Crippen molar-refractivity contribution in [3.63, 3.8) is 0 Å². The molecule has 21 heavy (non-hydrogen) atoms. The third kappa shape index (κ3) is 2.47. The van der Waals surface area contributed by atoms with Crippen LogP contribution in [0.3, 0.4) is 0 Å². The van der Waals surface area contributed by atoms with E-state index in [0.29, 0.717) is 17.3 Å². The number of ether oxygens (including phenoxy) is 1. The Labute approximate surface area is 121 Å². The summed E-state index contributed by atoms with van der Waals surface area (Å²) >= 11 is 0. The minimum atomic E-state index is 0.150. The van der Waals surface area contributed by atoms with E-state index in [1.807, 2.05) is 43.3 Å². The van der Waals surface area contributed by atoms with Gasteiger partial charge in [-0.15, -0.1) is 0 Å². The standard InChI is InChI=1S/C16H12N4O/c1-10-5-6-11-3-2-4-14(16(11)19-10)21-15-8-7-12(18)13(9-17)20-15/h2-8H,18H2,1H3. The van der Waals surface area contributed by atoms with Gasteiger partial charge in [0.15, 0.2) is 11.4 Å². The SMILES string of the molecule is Cc1ccc2cccc(Oc3ccc(N)c(C#N)n3)c2n1. The van der Waals surface area contributed by atoms with E-state index >= 15 is 0 Å². The van der Waals surface area contributed by atoms with Gasteiger partial charge in [-0.2, -0.15) is 5.26 Å². The number of nitriles is 1. The van der Waals surface area contributed by atoms with E-state index in [0.717, 1.165) is 16.6 Å². The first-order valence-electron chi connectivity index (χ1n) is 6.38. The molecule has 0 spiro atoms. The number of aromatic nitrogens is 2. The smallest absolute Gasteiger partial charge is 0.220 e. The summed E-state index contributed by atoms with van der Waals surface area (Å²) in [6.07, 6.45) is 0. The average molecular weight is 276 g/mol. The van der Waals surface area contributed by atoms with Crippen LogP contribution in [-0.4, -0.2) is 9.97 Å². The fourth-order valence-corrected chi connectivity index (χ4v) is 2.01. The number of nitrogens with zero attached hydrogens (tertiary/aromatic N) is 3. The summed E-state index contributed by atoms with van der Waals surface area (Å²) < 4.78 is 5.76. The predicted molar refractivity (Wildman–Crippen MR) is 79.9 cm³/mol. The van der Waals surface area contributed by atoms with E-state index in [2.05, 4.69) is 9.97 Å². The van der Waals surface area contributed by atoms with Crippen LogP contribution in [0.5, 0.6) is 11.6 Å². The zero-order chi connectivity index (χ0) is 14.8. The number of aryl methyl sites for hydroxylation is 1. The van der Waals surface area contributed by atoms with E-state index in [1.165, 1.54) is 0 Å². The molecular formula is C16H12N4O. The minimum Gasteiger partial charge on any atom is -0.437 e. The normalized spacial score (nSPS) is 10.3.